The fourth-order valence-corrected chi connectivity index (χ4v) is 3.06. The van der Waals surface area contributed by atoms with Crippen molar-refractivity contribution in [3.8, 4) is 0 Å². The highest BCUT2D eigenvalue weighted by Crippen LogP contribution is 2.30. The second-order valence-electron chi connectivity index (χ2n) is 5.90. The van der Waals surface area contributed by atoms with E-state index in [0.29, 0.717) is 5.56 Å². The van der Waals surface area contributed by atoms with Gasteiger partial charge in [0.2, 0.25) is 5.91 Å². The van der Waals surface area contributed by atoms with Gasteiger partial charge in [-0.2, -0.15) is 13.2 Å². The molecule has 8 heteroatoms. The van der Waals surface area contributed by atoms with Gasteiger partial charge >= 0.3 is 6.18 Å². The number of alkyl halides is 3. The standard InChI is InChI=1S/C19H17F4NO2S/c1-11(13-4-3-5-15(8-13)19(21,22)23)24-18(26)10-27-17-7-6-14(12(2)25)9-16(17)20/h3-9,11H,10H2,1-2H3,(H,24,26). The van der Waals surface area contributed by atoms with Crippen LogP contribution in [0.1, 0.15) is 41.4 Å². The summed E-state index contributed by atoms with van der Waals surface area (Å²) in [5.74, 6) is -1.43. The number of Topliss-reactive ketones (excluding diaryl/α,β-unsaturated/α-hetero) is 1. The lowest BCUT2D eigenvalue weighted by atomic mass is 10.0. The predicted octanol–water partition coefficient (Wildman–Crippen LogP) is 5.02. The van der Waals surface area contributed by atoms with E-state index < -0.39 is 29.5 Å². The van der Waals surface area contributed by atoms with Gasteiger partial charge in [-0.3, -0.25) is 9.59 Å². The van der Waals surface area contributed by atoms with E-state index in [9.17, 15) is 27.2 Å². The molecule has 2 rings (SSSR count). The SMILES string of the molecule is CC(=O)c1ccc(SCC(=O)NC(C)c2cccc(C(F)(F)F)c2)c(F)c1. The van der Waals surface area contributed by atoms with Crippen molar-refractivity contribution in [3.63, 3.8) is 0 Å². The van der Waals surface area contributed by atoms with Crippen LogP contribution >= 0.6 is 11.8 Å². The second-order valence-corrected chi connectivity index (χ2v) is 6.92. The summed E-state index contributed by atoms with van der Waals surface area (Å²) < 4.78 is 52.2. The minimum Gasteiger partial charge on any atom is -0.349 e. The van der Waals surface area contributed by atoms with E-state index in [4.69, 9.17) is 0 Å². The molecule has 0 bridgehead atoms. The first-order chi connectivity index (χ1) is 12.6. The summed E-state index contributed by atoms with van der Waals surface area (Å²) in [4.78, 5) is 23.5. The fourth-order valence-electron chi connectivity index (χ4n) is 2.33. The van der Waals surface area contributed by atoms with Crippen molar-refractivity contribution in [1.29, 1.82) is 0 Å². The molecule has 1 amide bonds. The van der Waals surface area contributed by atoms with E-state index in [1.54, 1.807) is 6.92 Å². The van der Waals surface area contributed by atoms with Gasteiger partial charge in [0.15, 0.2) is 5.78 Å². The normalized spacial score (nSPS) is 12.5. The predicted molar refractivity (Wildman–Crippen MR) is 95.1 cm³/mol. The van der Waals surface area contributed by atoms with Gasteiger partial charge < -0.3 is 5.32 Å². The summed E-state index contributed by atoms with van der Waals surface area (Å²) in [6.07, 6.45) is -4.46. The molecule has 0 aliphatic rings. The fraction of sp³-hybridized carbons (Fsp3) is 0.263. The molecule has 0 aliphatic carbocycles. The molecule has 0 heterocycles. The molecule has 1 N–H and O–H groups in total. The van der Waals surface area contributed by atoms with Gasteiger partial charge in [-0.25, -0.2) is 4.39 Å². The maximum Gasteiger partial charge on any atom is 0.416 e. The first-order valence-electron chi connectivity index (χ1n) is 7.97. The molecule has 0 fully saturated rings. The van der Waals surface area contributed by atoms with E-state index in [2.05, 4.69) is 5.32 Å². The summed E-state index contributed by atoms with van der Waals surface area (Å²) in [5.41, 5.74) is -0.234. The lowest BCUT2D eigenvalue weighted by Gasteiger charge is -2.16. The Bertz CT molecular complexity index is 852. The zero-order valence-electron chi connectivity index (χ0n) is 14.6. The molecular formula is C19H17F4NO2S. The highest BCUT2D eigenvalue weighted by Gasteiger charge is 2.30. The van der Waals surface area contributed by atoms with Gasteiger partial charge in [0, 0.05) is 10.5 Å². The minimum absolute atomic E-state index is 0.111. The molecule has 0 aromatic heterocycles. The Labute approximate surface area is 158 Å². The van der Waals surface area contributed by atoms with E-state index in [0.717, 1.165) is 30.0 Å². The quantitative estimate of drug-likeness (QED) is 0.422. The number of amides is 1. The largest absolute Gasteiger partial charge is 0.416 e. The van der Waals surface area contributed by atoms with Crippen LogP contribution in [-0.4, -0.2) is 17.4 Å². The molecular weight excluding hydrogens is 382 g/mol. The zero-order chi connectivity index (χ0) is 20.2. The van der Waals surface area contributed by atoms with Crippen molar-refractivity contribution in [1.82, 2.24) is 5.32 Å². The number of carbonyl (C=O) groups excluding carboxylic acids is 2. The highest BCUT2D eigenvalue weighted by atomic mass is 32.2. The third-order valence-electron chi connectivity index (χ3n) is 3.79. The lowest BCUT2D eigenvalue weighted by Crippen LogP contribution is -2.28. The molecule has 1 unspecified atom stereocenters. The van der Waals surface area contributed by atoms with E-state index in [-0.39, 0.29) is 22.0 Å². The van der Waals surface area contributed by atoms with E-state index in [1.807, 2.05) is 0 Å². The molecule has 3 nitrogen and oxygen atoms in total. The number of hydrogen-bond donors (Lipinski definition) is 1. The number of benzene rings is 2. The van der Waals surface area contributed by atoms with Gasteiger partial charge in [0.05, 0.1) is 17.4 Å². The number of nitrogens with one attached hydrogen (secondary N) is 1. The third kappa shape index (κ3) is 5.82. The van der Waals surface area contributed by atoms with Crippen LogP contribution in [0.3, 0.4) is 0 Å². The van der Waals surface area contributed by atoms with Crippen molar-refractivity contribution in [3.05, 3.63) is 65.0 Å². The Morgan fingerprint density at radius 3 is 2.44 bits per heavy atom. The Morgan fingerprint density at radius 1 is 1.15 bits per heavy atom. The third-order valence-corrected chi connectivity index (χ3v) is 4.84. The van der Waals surface area contributed by atoms with Crippen LogP contribution in [0.5, 0.6) is 0 Å². The van der Waals surface area contributed by atoms with Gasteiger partial charge in [-0.15, -0.1) is 11.8 Å². The summed E-state index contributed by atoms with van der Waals surface area (Å²) in [6.45, 7) is 2.89. The summed E-state index contributed by atoms with van der Waals surface area (Å²) in [6, 6.07) is 8.07. The number of rotatable bonds is 6. The molecule has 1 atom stereocenters. The minimum atomic E-state index is -4.46. The van der Waals surface area contributed by atoms with Crippen LogP contribution in [0.15, 0.2) is 47.4 Å². The smallest absolute Gasteiger partial charge is 0.349 e. The van der Waals surface area contributed by atoms with Gasteiger partial charge in [-0.05, 0) is 43.7 Å². The molecule has 0 saturated heterocycles. The average molecular weight is 399 g/mol. The first kappa shape index (κ1) is 21.0. The van der Waals surface area contributed by atoms with Crippen LogP contribution in [0, 0.1) is 5.82 Å². The Kier molecular flexibility index (Phi) is 6.64. The monoisotopic (exact) mass is 399 g/mol. The van der Waals surface area contributed by atoms with Crippen LogP contribution in [0.25, 0.3) is 0 Å². The Balaban J connectivity index is 1.97. The Morgan fingerprint density at radius 2 is 1.85 bits per heavy atom. The van der Waals surface area contributed by atoms with Crippen molar-refractivity contribution in [2.75, 3.05) is 5.75 Å². The maximum atomic E-state index is 13.9. The molecule has 0 spiro atoms. The van der Waals surface area contributed by atoms with Crippen molar-refractivity contribution < 1.29 is 27.2 Å². The molecule has 27 heavy (non-hydrogen) atoms. The van der Waals surface area contributed by atoms with Gasteiger partial charge in [0.25, 0.3) is 0 Å². The first-order valence-corrected chi connectivity index (χ1v) is 8.96. The van der Waals surface area contributed by atoms with E-state index in [1.165, 1.54) is 31.2 Å². The van der Waals surface area contributed by atoms with Crippen LogP contribution < -0.4 is 5.32 Å². The number of thioether (sulfide) groups is 1. The van der Waals surface area contributed by atoms with Crippen LogP contribution in [-0.2, 0) is 11.0 Å². The topological polar surface area (TPSA) is 46.2 Å². The Hall–Kier alpha value is -2.35. The number of hydrogen-bond acceptors (Lipinski definition) is 3. The van der Waals surface area contributed by atoms with Crippen LogP contribution in [0.2, 0.25) is 0 Å². The highest BCUT2D eigenvalue weighted by molar-refractivity contribution is 8.00. The summed E-state index contributed by atoms with van der Waals surface area (Å²) in [5, 5.41) is 2.59. The van der Waals surface area contributed by atoms with Crippen molar-refractivity contribution >= 4 is 23.5 Å². The molecule has 2 aromatic rings. The van der Waals surface area contributed by atoms with Crippen molar-refractivity contribution in [2.45, 2.75) is 31.0 Å². The summed E-state index contributed by atoms with van der Waals surface area (Å²) in [7, 11) is 0. The zero-order valence-corrected chi connectivity index (χ0v) is 15.4. The number of carbonyl (C=O) groups is 2. The molecule has 0 aliphatic heterocycles. The van der Waals surface area contributed by atoms with Gasteiger partial charge in [0.1, 0.15) is 5.82 Å². The van der Waals surface area contributed by atoms with Crippen molar-refractivity contribution in [2.24, 2.45) is 0 Å². The number of halogens is 4. The molecule has 0 radical (unpaired) electrons. The average Bonchev–Trinajstić information content (AvgIpc) is 2.59. The molecule has 2 aromatic carbocycles. The summed E-state index contributed by atoms with van der Waals surface area (Å²) >= 11 is 0.942. The van der Waals surface area contributed by atoms with Crippen LogP contribution in [0.4, 0.5) is 17.6 Å². The lowest BCUT2D eigenvalue weighted by molar-refractivity contribution is -0.137. The number of ketones is 1. The second kappa shape index (κ2) is 8.56. The maximum absolute atomic E-state index is 13.9. The van der Waals surface area contributed by atoms with E-state index >= 15 is 0 Å². The molecule has 0 saturated carbocycles. The van der Waals surface area contributed by atoms with Gasteiger partial charge in [-0.1, -0.05) is 18.2 Å². The molecule has 144 valence electrons.